The van der Waals surface area contributed by atoms with Gasteiger partial charge in [-0.1, -0.05) is 48.5 Å². The maximum Gasteiger partial charge on any atom is 0.355 e. The third kappa shape index (κ3) is 5.82. The van der Waals surface area contributed by atoms with E-state index in [0.717, 1.165) is 40.8 Å². The van der Waals surface area contributed by atoms with Crippen LogP contribution in [-0.2, 0) is 22.9 Å². The number of primary sulfonamides is 1. The van der Waals surface area contributed by atoms with E-state index in [1.54, 1.807) is 10.7 Å². The Morgan fingerprint density at radius 1 is 1.00 bits per heavy atom. The van der Waals surface area contributed by atoms with Gasteiger partial charge < -0.3 is 5.11 Å². The minimum Gasteiger partial charge on any atom is -0.476 e. The monoisotopic (exact) mass is 628 g/mol. The predicted molar refractivity (Wildman–Crippen MR) is 166 cm³/mol. The second kappa shape index (κ2) is 11.1. The van der Waals surface area contributed by atoms with Crippen LogP contribution >= 0.6 is 11.3 Å². The molecule has 2 saturated carbocycles. The van der Waals surface area contributed by atoms with Crippen molar-refractivity contribution in [2.24, 2.45) is 11.1 Å². The quantitative estimate of drug-likeness (QED) is 0.180. The van der Waals surface area contributed by atoms with Crippen LogP contribution in [0.25, 0.3) is 27.5 Å². The molecule has 2 aromatic heterocycles. The molecule has 8 nitrogen and oxygen atoms in total. The molecular weight excluding hydrogens is 600 g/mol. The molecule has 3 N–H and O–H groups in total. The number of aromatic nitrogens is 3. The summed E-state index contributed by atoms with van der Waals surface area (Å²) in [5, 5.41) is 21.7. The van der Waals surface area contributed by atoms with E-state index in [2.05, 4.69) is 41.4 Å². The highest BCUT2D eigenvalue weighted by molar-refractivity contribution is 7.89. The van der Waals surface area contributed by atoms with Gasteiger partial charge in [0.25, 0.3) is 0 Å². The maximum absolute atomic E-state index is 14.9. The summed E-state index contributed by atoms with van der Waals surface area (Å²) in [6.45, 7) is 0. The molecule has 2 aliphatic carbocycles. The van der Waals surface area contributed by atoms with Crippen LogP contribution in [-0.4, -0.2) is 34.3 Å². The summed E-state index contributed by atoms with van der Waals surface area (Å²) in [5.41, 5.74) is 7.25. The van der Waals surface area contributed by atoms with E-state index in [1.165, 1.54) is 47.3 Å². The Labute approximate surface area is 258 Å². The molecule has 11 heteroatoms. The molecular formula is C33H29FN4O4S2. The number of thiazole rings is 1. The van der Waals surface area contributed by atoms with Gasteiger partial charge in [0.15, 0.2) is 5.69 Å². The third-order valence-corrected chi connectivity index (χ3v) is 10.0. The maximum atomic E-state index is 14.9. The van der Waals surface area contributed by atoms with Gasteiger partial charge in [0.1, 0.15) is 10.7 Å². The van der Waals surface area contributed by atoms with Gasteiger partial charge in [0.2, 0.25) is 15.2 Å². The van der Waals surface area contributed by atoms with Gasteiger partial charge in [-0.05, 0) is 84.4 Å². The SMILES string of the molecule is NS(=O)(=O)c1ccc(Cc2c(-c3cccc(-c4ccc(C5CC5)cc4)c3)nn(-c3nc(C(=O)O)cs3)c2CC2CC2)cc1F. The van der Waals surface area contributed by atoms with E-state index in [1.807, 2.05) is 12.1 Å². The van der Waals surface area contributed by atoms with Gasteiger partial charge in [-0.3, -0.25) is 0 Å². The van der Waals surface area contributed by atoms with Crippen LogP contribution in [0.5, 0.6) is 0 Å². The molecule has 7 rings (SSSR count). The predicted octanol–water partition coefficient (Wildman–Crippen LogP) is 6.57. The highest BCUT2D eigenvalue weighted by Crippen LogP contribution is 2.41. The summed E-state index contributed by atoms with van der Waals surface area (Å²) < 4.78 is 40.3. The number of carbonyl (C=O) groups is 1. The first-order valence-electron chi connectivity index (χ1n) is 14.5. The molecule has 2 heterocycles. The number of carboxylic acids is 1. The number of hydrogen-bond donors (Lipinski definition) is 2. The number of aromatic carboxylic acids is 1. The Morgan fingerprint density at radius 3 is 2.39 bits per heavy atom. The Balaban J connectivity index is 1.36. The first-order valence-corrected chi connectivity index (χ1v) is 16.9. The average molecular weight is 629 g/mol. The molecule has 0 aliphatic heterocycles. The average Bonchev–Trinajstić information content (AvgIpc) is 3.92. The van der Waals surface area contributed by atoms with E-state index in [0.29, 0.717) is 34.6 Å². The molecule has 2 aliphatic rings. The number of sulfonamides is 1. The summed E-state index contributed by atoms with van der Waals surface area (Å²) >= 11 is 1.20. The van der Waals surface area contributed by atoms with Crippen LogP contribution in [0, 0.1) is 11.7 Å². The van der Waals surface area contributed by atoms with Gasteiger partial charge in [-0.2, -0.15) is 5.10 Å². The Bertz CT molecular complexity index is 2010. The first-order chi connectivity index (χ1) is 21.1. The molecule has 0 bridgehead atoms. The summed E-state index contributed by atoms with van der Waals surface area (Å²) in [7, 11) is -4.21. The third-order valence-electron chi connectivity index (χ3n) is 8.27. The lowest BCUT2D eigenvalue weighted by atomic mass is 9.95. The van der Waals surface area contributed by atoms with Crippen LogP contribution in [0.1, 0.15) is 64.5 Å². The van der Waals surface area contributed by atoms with Gasteiger partial charge in [-0.15, -0.1) is 11.3 Å². The molecule has 3 aromatic carbocycles. The van der Waals surface area contributed by atoms with Crippen molar-refractivity contribution < 1.29 is 22.7 Å². The number of benzene rings is 3. The number of hydrogen-bond acceptors (Lipinski definition) is 6. The number of rotatable bonds is 10. The lowest BCUT2D eigenvalue weighted by molar-refractivity contribution is 0.0691. The van der Waals surface area contributed by atoms with Gasteiger partial charge in [-0.25, -0.2) is 32.4 Å². The van der Waals surface area contributed by atoms with E-state index in [4.69, 9.17) is 10.2 Å². The molecule has 0 spiro atoms. The lowest BCUT2D eigenvalue weighted by Gasteiger charge is -2.10. The van der Waals surface area contributed by atoms with Crippen molar-refractivity contribution in [3.05, 3.63) is 106 Å². The molecule has 224 valence electrons. The summed E-state index contributed by atoms with van der Waals surface area (Å²) in [6, 6.07) is 20.7. The molecule has 0 saturated heterocycles. The highest BCUT2D eigenvalue weighted by Gasteiger charge is 2.30. The smallest absolute Gasteiger partial charge is 0.355 e. The van der Waals surface area contributed by atoms with Gasteiger partial charge in [0, 0.05) is 22.9 Å². The fraction of sp³-hybridized carbons (Fsp3) is 0.242. The Morgan fingerprint density at radius 2 is 1.75 bits per heavy atom. The number of nitrogens with two attached hydrogens (primary N) is 1. The molecule has 5 aromatic rings. The van der Waals surface area contributed by atoms with Crippen molar-refractivity contribution in [2.75, 3.05) is 0 Å². The first kappa shape index (κ1) is 28.6. The molecule has 0 amide bonds. The van der Waals surface area contributed by atoms with Crippen LogP contribution < -0.4 is 5.14 Å². The molecule has 44 heavy (non-hydrogen) atoms. The minimum atomic E-state index is -4.21. The summed E-state index contributed by atoms with van der Waals surface area (Å²) in [6.07, 6.45) is 5.60. The fourth-order valence-electron chi connectivity index (χ4n) is 5.63. The lowest BCUT2D eigenvalue weighted by Crippen LogP contribution is -2.14. The molecule has 0 radical (unpaired) electrons. The fourth-order valence-corrected chi connectivity index (χ4v) is 6.99. The normalized spacial score (nSPS) is 15.0. The number of carboxylic acid groups (broad SMARTS) is 1. The van der Waals surface area contributed by atoms with E-state index < -0.39 is 26.7 Å². The topological polar surface area (TPSA) is 128 Å². The van der Waals surface area contributed by atoms with Crippen molar-refractivity contribution in [2.45, 2.75) is 49.3 Å². The zero-order chi connectivity index (χ0) is 30.6. The van der Waals surface area contributed by atoms with E-state index in [-0.39, 0.29) is 12.1 Å². The van der Waals surface area contributed by atoms with E-state index >= 15 is 0 Å². The summed E-state index contributed by atoms with van der Waals surface area (Å²) in [4.78, 5) is 15.4. The van der Waals surface area contributed by atoms with Gasteiger partial charge >= 0.3 is 5.97 Å². The van der Waals surface area contributed by atoms with Crippen molar-refractivity contribution in [3.63, 3.8) is 0 Å². The van der Waals surface area contributed by atoms with Crippen molar-refractivity contribution >= 4 is 27.3 Å². The number of halogens is 1. The largest absolute Gasteiger partial charge is 0.476 e. The van der Waals surface area contributed by atoms with Gasteiger partial charge in [0.05, 0.1) is 11.4 Å². The zero-order valence-corrected chi connectivity index (χ0v) is 25.2. The van der Waals surface area contributed by atoms with Crippen molar-refractivity contribution in [1.29, 1.82) is 0 Å². The standard InChI is InChI=1S/C33H29FN4O4S2/c34-27-15-20(6-13-30(27)44(35,41)42)14-26-29(16-19-4-5-19)38(33-36-28(18-43-33)32(39)40)37-31(26)25-3-1-2-24(17-25)23-11-9-22(10-12-23)21-7-8-21/h1-3,6,9-13,15,17-19,21H,4-5,7-8,14,16H2,(H,39,40)(H2,35,41,42). The molecule has 0 atom stereocenters. The highest BCUT2D eigenvalue weighted by atomic mass is 32.2. The molecule has 0 unspecified atom stereocenters. The van der Waals surface area contributed by atoms with Crippen LogP contribution in [0.2, 0.25) is 0 Å². The summed E-state index contributed by atoms with van der Waals surface area (Å²) in [5.74, 6) is -0.906. The van der Waals surface area contributed by atoms with Crippen molar-refractivity contribution in [3.8, 4) is 27.5 Å². The number of nitrogens with zero attached hydrogens (tertiary/aromatic N) is 3. The van der Waals surface area contributed by atoms with Crippen molar-refractivity contribution in [1.82, 2.24) is 14.8 Å². The van der Waals surface area contributed by atoms with Crippen LogP contribution in [0.3, 0.4) is 0 Å². The second-order valence-corrected chi connectivity index (χ2v) is 14.0. The Hall–Kier alpha value is -4.19. The minimum absolute atomic E-state index is 0.0572. The zero-order valence-electron chi connectivity index (χ0n) is 23.6. The molecule has 2 fully saturated rings. The Kier molecular flexibility index (Phi) is 7.19. The van der Waals surface area contributed by atoms with E-state index in [9.17, 15) is 22.7 Å². The van der Waals surface area contributed by atoms with Crippen LogP contribution in [0.4, 0.5) is 4.39 Å². The van der Waals surface area contributed by atoms with Crippen LogP contribution in [0.15, 0.2) is 77.0 Å². The second-order valence-electron chi connectivity index (χ2n) is 11.6.